The van der Waals surface area contributed by atoms with E-state index < -0.39 is 23.9 Å². The van der Waals surface area contributed by atoms with E-state index in [-0.39, 0.29) is 43.6 Å². The Morgan fingerprint density at radius 3 is 2.55 bits per heavy atom. The van der Waals surface area contributed by atoms with Crippen LogP contribution in [0.2, 0.25) is 0 Å². The van der Waals surface area contributed by atoms with Crippen LogP contribution in [0, 0.1) is 5.82 Å². The van der Waals surface area contributed by atoms with E-state index in [1.165, 1.54) is 29.5 Å². The number of fused-ring (bicyclic) bond motifs is 7. The Balaban J connectivity index is 1.22. The van der Waals surface area contributed by atoms with Crippen molar-refractivity contribution in [3.63, 3.8) is 0 Å². The lowest BCUT2D eigenvalue weighted by molar-refractivity contribution is -0.123. The van der Waals surface area contributed by atoms with Gasteiger partial charge >= 0.3 is 0 Å². The number of ether oxygens (including phenoxy) is 2. The number of amides is 3. The molecule has 0 aliphatic carbocycles. The zero-order valence-corrected chi connectivity index (χ0v) is 25.0. The van der Waals surface area contributed by atoms with E-state index in [9.17, 15) is 14.4 Å². The number of benzene rings is 4. The summed E-state index contributed by atoms with van der Waals surface area (Å²) in [6.07, 6.45) is 2.24. The summed E-state index contributed by atoms with van der Waals surface area (Å²) >= 11 is 0. The number of hydrogen-bond acceptors (Lipinski definition) is 7. The highest BCUT2D eigenvalue weighted by molar-refractivity contribution is 5.98. The fourth-order valence-electron chi connectivity index (χ4n) is 5.71. The number of aromatic nitrogens is 3. The number of hydrogen-bond donors (Lipinski definition) is 2. The summed E-state index contributed by atoms with van der Waals surface area (Å²) in [7, 11) is 0. The Labute approximate surface area is 268 Å². The Morgan fingerprint density at radius 2 is 1.72 bits per heavy atom. The maximum Gasteiger partial charge on any atom is 0.258 e. The van der Waals surface area contributed by atoms with E-state index in [1.54, 1.807) is 71.6 Å². The molecular weight excluding hydrogens is 603 g/mol. The van der Waals surface area contributed by atoms with E-state index in [1.807, 2.05) is 12.1 Å². The molecule has 4 heterocycles. The summed E-state index contributed by atoms with van der Waals surface area (Å²) in [4.78, 5) is 45.7. The number of nitrogens with zero attached hydrogens (tertiary/aromatic N) is 4. The summed E-state index contributed by atoms with van der Waals surface area (Å²) in [5.74, 6) is -0.964. The molecule has 3 amide bonds. The SMILES string of the molecule is O=C1COc2cccc(c2)-c2ccc(F)c(c2)C(=O)N[C@H]2CN(C(=O)c3ccccc3-n3cncn3)C[C@@H]2Oc2ccc(cc2)CN1. The van der Waals surface area contributed by atoms with Gasteiger partial charge in [0, 0.05) is 13.1 Å². The van der Waals surface area contributed by atoms with E-state index >= 15 is 4.39 Å². The molecule has 3 aliphatic heterocycles. The third kappa shape index (κ3) is 6.39. The van der Waals surface area contributed by atoms with Crippen molar-refractivity contribution in [1.29, 1.82) is 0 Å². The maximum absolute atomic E-state index is 15.2. The van der Waals surface area contributed by atoms with Crippen molar-refractivity contribution in [2.75, 3.05) is 19.7 Å². The highest BCUT2D eigenvalue weighted by atomic mass is 19.1. The third-order valence-electron chi connectivity index (χ3n) is 8.12. The fourth-order valence-corrected chi connectivity index (χ4v) is 5.71. The molecule has 6 bridgehead atoms. The van der Waals surface area contributed by atoms with Crippen molar-refractivity contribution in [2.24, 2.45) is 0 Å². The molecule has 5 aromatic rings. The van der Waals surface area contributed by atoms with Crippen molar-refractivity contribution >= 4 is 17.7 Å². The first-order valence-electron chi connectivity index (χ1n) is 15.0. The number of rotatable bonds is 2. The van der Waals surface area contributed by atoms with Crippen LogP contribution in [-0.2, 0) is 11.3 Å². The molecule has 0 saturated carbocycles. The predicted octanol–water partition coefficient (Wildman–Crippen LogP) is 3.78. The Hall–Kier alpha value is -6.04. The third-order valence-corrected chi connectivity index (χ3v) is 8.12. The lowest BCUT2D eigenvalue weighted by atomic mass is 10.0. The van der Waals surface area contributed by atoms with Gasteiger partial charge in [-0.2, -0.15) is 5.10 Å². The second-order valence-corrected chi connectivity index (χ2v) is 11.2. The Bertz CT molecular complexity index is 1950. The molecule has 11 nitrogen and oxygen atoms in total. The van der Waals surface area contributed by atoms with Gasteiger partial charge in [0.15, 0.2) is 6.61 Å². The second kappa shape index (κ2) is 12.8. The number of likely N-dealkylation sites (tertiary alicyclic amines) is 1. The second-order valence-electron chi connectivity index (χ2n) is 11.2. The molecule has 3 aliphatic rings. The number of para-hydroxylation sites is 1. The van der Waals surface area contributed by atoms with Crippen LogP contribution >= 0.6 is 0 Å². The molecule has 0 unspecified atom stereocenters. The molecule has 1 saturated heterocycles. The van der Waals surface area contributed by atoms with Gasteiger partial charge in [-0.3, -0.25) is 14.4 Å². The zero-order chi connectivity index (χ0) is 32.3. The van der Waals surface area contributed by atoms with Gasteiger partial charge in [-0.1, -0.05) is 42.5 Å². The number of carbonyl (C=O) groups excluding carboxylic acids is 3. The minimum Gasteiger partial charge on any atom is -0.486 e. The van der Waals surface area contributed by atoms with E-state index in [4.69, 9.17) is 9.47 Å². The monoisotopic (exact) mass is 632 g/mol. The first-order valence-corrected chi connectivity index (χ1v) is 15.0. The van der Waals surface area contributed by atoms with Crippen LogP contribution in [0.5, 0.6) is 11.5 Å². The first-order chi connectivity index (χ1) is 22.9. The van der Waals surface area contributed by atoms with Crippen molar-refractivity contribution < 1.29 is 28.2 Å². The van der Waals surface area contributed by atoms with E-state index in [0.717, 1.165) is 5.56 Å². The normalized spacial score (nSPS) is 17.9. The molecule has 8 rings (SSSR count). The maximum atomic E-state index is 15.2. The van der Waals surface area contributed by atoms with Crippen LogP contribution in [0.4, 0.5) is 4.39 Å². The molecular formula is C35H29FN6O5. The molecule has 0 radical (unpaired) electrons. The molecule has 47 heavy (non-hydrogen) atoms. The highest BCUT2D eigenvalue weighted by Gasteiger charge is 2.39. The van der Waals surface area contributed by atoms with Gasteiger partial charge < -0.3 is 25.0 Å². The minimum atomic E-state index is -0.696. The minimum absolute atomic E-state index is 0.117. The molecule has 12 heteroatoms. The summed E-state index contributed by atoms with van der Waals surface area (Å²) in [6, 6.07) is 24.8. The summed E-state index contributed by atoms with van der Waals surface area (Å²) < 4.78 is 28.7. The lowest BCUT2D eigenvalue weighted by Crippen LogP contribution is -2.45. The summed E-state index contributed by atoms with van der Waals surface area (Å²) in [5.41, 5.74) is 2.90. The Kier molecular flexibility index (Phi) is 8.05. The average Bonchev–Trinajstić information content (AvgIpc) is 3.77. The van der Waals surface area contributed by atoms with Crippen LogP contribution in [-0.4, -0.2) is 69.2 Å². The molecule has 2 atom stereocenters. The topological polar surface area (TPSA) is 128 Å². The van der Waals surface area contributed by atoms with Gasteiger partial charge in [-0.05, 0) is 65.2 Å². The van der Waals surface area contributed by atoms with Crippen LogP contribution in [0.1, 0.15) is 26.3 Å². The van der Waals surface area contributed by atoms with Crippen LogP contribution < -0.4 is 20.1 Å². The van der Waals surface area contributed by atoms with Gasteiger partial charge in [-0.15, -0.1) is 0 Å². The van der Waals surface area contributed by atoms with Gasteiger partial charge in [0.05, 0.1) is 29.4 Å². The smallest absolute Gasteiger partial charge is 0.258 e. The van der Waals surface area contributed by atoms with Gasteiger partial charge in [-0.25, -0.2) is 14.1 Å². The molecule has 236 valence electrons. The van der Waals surface area contributed by atoms with Crippen LogP contribution in [0.25, 0.3) is 16.8 Å². The number of carbonyl (C=O) groups is 3. The van der Waals surface area contributed by atoms with Crippen LogP contribution in [0.15, 0.2) is 104 Å². The number of nitrogens with one attached hydrogen (secondary N) is 2. The zero-order valence-electron chi connectivity index (χ0n) is 25.0. The van der Waals surface area contributed by atoms with Gasteiger partial charge in [0.1, 0.15) is 36.1 Å². The molecule has 1 aromatic heterocycles. The first kappa shape index (κ1) is 29.7. The Morgan fingerprint density at radius 1 is 0.894 bits per heavy atom. The van der Waals surface area contributed by atoms with Gasteiger partial charge in [0.2, 0.25) is 0 Å². The van der Waals surface area contributed by atoms with Crippen molar-refractivity contribution in [3.8, 4) is 28.3 Å². The van der Waals surface area contributed by atoms with Crippen LogP contribution in [0.3, 0.4) is 0 Å². The van der Waals surface area contributed by atoms with E-state index in [2.05, 4.69) is 20.7 Å². The van der Waals surface area contributed by atoms with Crippen molar-refractivity contribution in [2.45, 2.75) is 18.7 Å². The molecule has 0 spiro atoms. The average molecular weight is 633 g/mol. The summed E-state index contributed by atoms with van der Waals surface area (Å²) in [5, 5.41) is 9.95. The summed E-state index contributed by atoms with van der Waals surface area (Å²) in [6.45, 7) is 0.369. The molecule has 1 fully saturated rings. The van der Waals surface area contributed by atoms with Crippen molar-refractivity contribution in [1.82, 2.24) is 30.3 Å². The standard InChI is InChI=1S/C35H29FN6O5/c36-29-13-10-24-15-28(29)34(44)40-30-17-41(35(45)27-6-1-2-7-31(27)42-21-37-20-39-42)18-32(30)47-25-11-8-22(9-12-25)16-38-33(43)19-46-26-5-3-4-23(24)14-26/h1-15,20-21,30,32H,16-19H2,(H,38,43)(H,40,44)/t30-,32-/m0/s1. The fraction of sp³-hybridized carbons (Fsp3) is 0.171. The van der Waals surface area contributed by atoms with Crippen molar-refractivity contribution in [3.05, 3.63) is 126 Å². The predicted molar refractivity (Wildman–Crippen MR) is 169 cm³/mol. The lowest BCUT2D eigenvalue weighted by Gasteiger charge is -2.21. The van der Waals surface area contributed by atoms with Gasteiger partial charge in [0.25, 0.3) is 17.7 Å². The van der Waals surface area contributed by atoms with E-state index in [0.29, 0.717) is 33.9 Å². The molecule has 2 N–H and O–H groups in total. The quantitative estimate of drug-likeness (QED) is 0.303. The highest BCUT2D eigenvalue weighted by Crippen LogP contribution is 2.27. The number of halogens is 1. The molecule has 4 aromatic carbocycles. The largest absolute Gasteiger partial charge is 0.486 e.